The summed E-state index contributed by atoms with van der Waals surface area (Å²) in [6.07, 6.45) is 2.10. The summed E-state index contributed by atoms with van der Waals surface area (Å²) in [7, 11) is 0. The molecule has 23 heavy (non-hydrogen) atoms. The van der Waals surface area contributed by atoms with Crippen LogP contribution in [0.15, 0.2) is 72.1 Å². The van der Waals surface area contributed by atoms with Crippen LogP contribution in [0, 0.1) is 0 Å². The first kappa shape index (κ1) is 15.3. The molecule has 0 spiro atoms. The third kappa shape index (κ3) is 4.20. The van der Waals surface area contributed by atoms with Gasteiger partial charge >= 0.3 is 0 Å². The van der Waals surface area contributed by atoms with E-state index in [1.54, 1.807) is 6.33 Å². The summed E-state index contributed by atoms with van der Waals surface area (Å²) in [5.41, 5.74) is 1.82. The fraction of sp³-hybridized carbons (Fsp3) is 0.118. The van der Waals surface area contributed by atoms with E-state index in [9.17, 15) is 4.79 Å². The Morgan fingerprint density at radius 2 is 1.74 bits per heavy atom. The summed E-state index contributed by atoms with van der Waals surface area (Å²) in [5.74, 6) is 0.638. The highest BCUT2D eigenvalue weighted by Gasteiger charge is 2.08. The molecule has 116 valence electrons. The standard InChI is InChI=1S/C17H16N4OS/c22-16(19-14-7-3-1-4-8-14)11-12-23-17-20-18-13-21(17)15-9-5-2-6-10-15/h1-10,13H,11-12H2,(H,19,22). The highest BCUT2D eigenvalue weighted by atomic mass is 32.2. The van der Waals surface area contributed by atoms with Gasteiger partial charge in [0, 0.05) is 23.5 Å². The van der Waals surface area contributed by atoms with Crippen LogP contribution in [-0.2, 0) is 4.79 Å². The fourth-order valence-electron chi connectivity index (χ4n) is 2.07. The van der Waals surface area contributed by atoms with Gasteiger partial charge in [0.1, 0.15) is 6.33 Å². The first-order valence-electron chi connectivity index (χ1n) is 7.26. The molecule has 3 aromatic rings. The van der Waals surface area contributed by atoms with Gasteiger partial charge in [-0.2, -0.15) is 0 Å². The second kappa shape index (κ2) is 7.60. The Morgan fingerprint density at radius 1 is 1.04 bits per heavy atom. The summed E-state index contributed by atoms with van der Waals surface area (Å²) in [4.78, 5) is 11.9. The van der Waals surface area contributed by atoms with E-state index in [1.165, 1.54) is 11.8 Å². The third-order valence-electron chi connectivity index (χ3n) is 3.17. The van der Waals surface area contributed by atoms with Crippen LogP contribution in [0.3, 0.4) is 0 Å². The summed E-state index contributed by atoms with van der Waals surface area (Å²) in [6.45, 7) is 0. The monoisotopic (exact) mass is 324 g/mol. The van der Waals surface area contributed by atoms with Gasteiger partial charge in [-0.1, -0.05) is 48.2 Å². The number of amides is 1. The second-order valence-electron chi connectivity index (χ2n) is 4.83. The van der Waals surface area contributed by atoms with Crippen LogP contribution in [-0.4, -0.2) is 26.4 Å². The third-order valence-corrected chi connectivity index (χ3v) is 4.11. The van der Waals surface area contributed by atoms with Crippen molar-refractivity contribution in [3.05, 3.63) is 67.0 Å². The van der Waals surface area contributed by atoms with Crippen molar-refractivity contribution in [3.8, 4) is 5.69 Å². The van der Waals surface area contributed by atoms with Crippen LogP contribution in [0.25, 0.3) is 5.69 Å². The van der Waals surface area contributed by atoms with E-state index in [4.69, 9.17) is 0 Å². The van der Waals surface area contributed by atoms with Crippen molar-refractivity contribution in [2.45, 2.75) is 11.6 Å². The molecule has 1 heterocycles. The number of anilines is 1. The smallest absolute Gasteiger partial charge is 0.225 e. The van der Waals surface area contributed by atoms with Gasteiger partial charge in [-0.3, -0.25) is 9.36 Å². The lowest BCUT2D eigenvalue weighted by molar-refractivity contribution is -0.115. The molecule has 1 N–H and O–H groups in total. The van der Waals surface area contributed by atoms with E-state index >= 15 is 0 Å². The Bertz CT molecular complexity index is 759. The molecule has 0 bridgehead atoms. The number of nitrogens with one attached hydrogen (secondary N) is 1. The molecule has 1 amide bonds. The lowest BCUT2D eigenvalue weighted by Gasteiger charge is -2.06. The van der Waals surface area contributed by atoms with Gasteiger partial charge in [0.05, 0.1) is 0 Å². The Morgan fingerprint density at radius 3 is 2.48 bits per heavy atom. The van der Waals surface area contributed by atoms with Gasteiger partial charge in [0.25, 0.3) is 0 Å². The predicted octanol–water partition coefficient (Wildman–Crippen LogP) is 3.39. The van der Waals surface area contributed by atoms with E-state index < -0.39 is 0 Å². The topological polar surface area (TPSA) is 59.8 Å². The highest BCUT2D eigenvalue weighted by molar-refractivity contribution is 7.99. The first-order valence-corrected chi connectivity index (χ1v) is 8.24. The zero-order valence-corrected chi connectivity index (χ0v) is 13.2. The molecule has 0 aliphatic heterocycles. The van der Waals surface area contributed by atoms with Crippen LogP contribution < -0.4 is 5.32 Å². The quantitative estimate of drug-likeness (QED) is 0.706. The first-order chi connectivity index (χ1) is 11.3. The average Bonchev–Trinajstić information content (AvgIpc) is 3.05. The normalized spacial score (nSPS) is 10.4. The SMILES string of the molecule is O=C(CCSc1nncn1-c1ccccc1)Nc1ccccc1. The zero-order chi connectivity index (χ0) is 15.9. The zero-order valence-electron chi connectivity index (χ0n) is 12.4. The van der Waals surface area contributed by atoms with Crippen LogP contribution in [0.4, 0.5) is 5.69 Å². The Balaban J connectivity index is 1.54. The average molecular weight is 324 g/mol. The Hall–Kier alpha value is -2.60. The van der Waals surface area contributed by atoms with Crippen LogP contribution in [0.1, 0.15) is 6.42 Å². The molecule has 1 aromatic heterocycles. The Kier molecular flexibility index (Phi) is 5.06. The number of thioether (sulfide) groups is 1. The summed E-state index contributed by atoms with van der Waals surface area (Å²) in [6, 6.07) is 19.4. The summed E-state index contributed by atoms with van der Waals surface area (Å²) in [5, 5.41) is 11.7. The molecule has 3 rings (SSSR count). The minimum absolute atomic E-state index is 0.00511. The summed E-state index contributed by atoms with van der Waals surface area (Å²) >= 11 is 1.52. The minimum atomic E-state index is -0.00511. The van der Waals surface area contributed by atoms with Crippen molar-refractivity contribution >= 4 is 23.4 Å². The lowest BCUT2D eigenvalue weighted by atomic mass is 10.3. The number of carbonyl (C=O) groups is 1. The maximum atomic E-state index is 11.9. The van der Waals surface area contributed by atoms with E-state index in [0.717, 1.165) is 16.5 Å². The van der Waals surface area contributed by atoms with E-state index in [2.05, 4.69) is 15.5 Å². The molecular weight excluding hydrogens is 308 g/mol. The molecule has 0 atom stereocenters. The van der Waals surface area contributed by atoms with Crippen LogP contribution >= 0.6 is 11.8 Å². The minimum Gasteiger partial charge on any atom is -0.326 e. The molecule has 0 fully saturated rings. The van der Waals surface area contributed by atoms with Gasteiger partial charge < -0.3 is 5.32 Å². The van der Waals surface area contributed by atoms with Crippen molar-refractivity contribution in [2.75, 3.05) is 11.1 Å². The molecule has 0 aliphatic rings. The van der Waals surface area contributed by atoms with E-state index in [0.29, 0.717) is 12.2 Å². The van der Waals surface area contributed by atoms with Crippen molar-refractivity contribution in [3.63, 3.8) is 0 Å². The molecule has 0 saturated heterocycles. The predicted molar refractivity (Wildman–Crippen MR) is 91.8 cm³/mol. The maximum absolute atomic E-state index is 11.9. The number of aromatic nitrogens is 3. The molecular formula is C17H16N4OS. The van der Waals surface area contributed by atoms with E-state index in [-0.39, 0.29) is 5.91 Å². The Labute approximate surface area is 138 Å². The van der Waals surface area contributed by atoms with Gasteiger partial charge in [0.15, 0.2) is 5.16 Å². The lowest BCUT2D eigenvalue weighted by Crippen LogP contribution is -2.12. The number of rotatable bonds is 6. The molecule has 0 radical (unpaired) electrons. The number of carbonyl (C=O) groups excluding carboxylic acids is 1. The molecule has 0 saturated carbocycles. The van der Waals surface area contributed by atoms with Crippen molar-refractivity contribution in [2.24, 2.45) is 0 Å². The highest BCUT2D eigenvalue weighted by Crippen LogP contribution is 2.20. The number of hydrogen-bond acceptors (Lipinski definition) is 4. The number of hydrogen-bond donors (Lipinski definition) is 1. The second-order valence-corrected chi connectivity index (χ2v) is 5.89. The summed E-state index contributed by atoms with van der Waals surface area (Å²) < 4.78 is 1.92. The largest absolute Gasteiger partial charge is 0.326 e. The molecule has 5 nitrogen and oxygen atoms in total. The van der Waals surface area contributed by atoms with Crippen molar-refractivity contribution < 1.29 is 4.79 Å². The molecule has 2 aromatic carbocycles. The number of benzene rings is 2. The van der Waals surface area contributed by atoms with Crippen molar-refractivity contribution in [1.82, 2.24) is 14.8 Å². The molecule has 6 heteroatoms. The van der Waals surface area contributed by atoms with Crippen molar-refractivity contribution in [1.29, 1.82) is 0 Å². The number of para-hydroxylation sites is 2. The van der Waals surface area contributed by atoms with E-state index in [1.807, 2.05) is 65.2 Å². The molecule has 0 unspecified atom stereocenters. The number of nitrogens with zero attached hydrogens (tertiary/aromatic N) is 3. The van der Waals surface area contributed by atoms with Gasteiger partial charge in [0.2, 0.25) is 5.91 Å². The van der Waals surface area contributed by atoms with Gasteiger partial charge in [-0.25, -0.2) is 0 Å². The fourth-order valence-corrected chi connectivity index (χ4v) is 2.94. The molecule has 0 aliphatic carbocycles. The van der Waals surface area contributed by atoms with Crippen LogP contribution in [0.5, 0.6) is 0 Å². The van der Waals surface area contributed by atoms with Gasteiger partial charge in [-0.05, 0) is 24.3 Å². The van der Waals surface area contributed by atoms with Gasteiger partial charge in [-0.15, -0.1) is 10.2 Å². The van der Waals surface area contributed by atoms with Crippen LogP contribution in [0.2, 0.25) is 0 Å². The maximum Gasteiger partial charge on any atom is 0.225 e.